The van der Waals surface area contributed by atoms with E-state index in [-0.39, 0.29) is 5.41 Å². The lowest BCUT2D eigenvalue weighted by molar-refractivity contribution is 0.626. The smallest absolute Gasteiger partial charge is 0.0469 e. The fourth-order valence-corrected chi connectivity index (χ4v) is 4.50. The van der Waals surface area contributed by atoms with Crippen molar-refractivity contribution >= 4 is 0 Å². The fraction of sp³-hybridized carbons (Fsp3) is 0.143. The van der Waals surface area contributed by atoms with Gasteiger partial charge in [-0.3, -0.25) is 0 Å². The lowest BCUT2D eigenvalue weighted by Gasteiger charge is -2.28. The Morgan fingerprint density at radius 1 is 0.571 bits per heavy atom. The number of benzene rings is 3. The average molecular weight is 268 g/mol. The van der Waals surface area contributed by atoms with E-state index in [2.05, 4.69) is 72.8 Å². The summed E-state index contributed by atoms with van der Waals surface area (Å²) in [4.78, 5) is 0. The third-order valence-electron chi connectivity index (χ3n) is 5.31. The number of hydrogen-bond acceptors (Lipinski definition) is 0. The van der Waals surface area contributed by atoms with Gasteiger partial charge in [-0.1, -0.05) is 72.8 Å². The Kier molecular flexibility index (Phi) is 2.08. The first-order chi connectivity index (χ1) is 10.4. The highest BCUT2D eigenvalue weighted by Crippen LogP contribution is 2.57. The molecule has 21 heavy (non-hydrogen) atoms. The maximum Gasteiger partial charge on any atom is 0.0469 e. The lowest BCUT2D eigenvalue weighted by Crippen LogP contribution is -2.23. The third kappa shape index (κ3) is 1.26. The molecule has 0 heterocycles. The van der Waals surface area contributed by atoms with Crippen LogP contribution in [0.4, 0.5) is 0 Å². The third-order valence-corrected chi connectivity index (χ3v) is 5.31. The van der Waals surface area contributed by atoms with Crippen LogP contribution in [0.15, 0.2) is 72.8 Å². The van der Waals surface area contributed by atoms with Crippen molar-refractivity contribution in [2.45, 2.75) is 18.3 Å². The van der Waals surface area contributed by atoms with E-state index in [0.29, 0.717) is 0 Å². The van der Waals surface area contributed by atoms with Crippen LogP contribution >= 0.6 is 0 Å². The highest BCUT2D eigenvalue weighted by molar-refractivity contribution is 5.84. The van der Waals surface area contributed by atoms with Gasteiger partial charge in [0.2, 0.25) is 0 Å². The van der Waals surface area contributed by atoms with Crippen LogP contribution in [0.25, 0.3) is 11.1 Å². The van der Waals surface area contributed by atoms with Crippen LogP contribution in [-0.4, -0.2) is 0 Å². The van der Waals surface area contributed by atoms with E-state index < -0.39 is 0 Å². The van der Waals surface area contributed by atoms with Crippen LogP contribution < -0.4 is 0 Å². The Balaban J connectivity index is 1.94. The predicted octanol–water partition coefficient (Wildman–Crippen LogP) is 4.95. The Bertz CT molecular complexity index is 812. The van der Waals surface area contributed by atoms with Crippen molar-refractivity contribution in [2.24, 2.45) is 0 Å². The Labute approximate surface area is 125 Å². The molecule has 0 nitrogen and oxygen atoms in total. The molecule has 2 aliphatic carbocycles. The van der Waals surface area contributed by atoms with Crippen molar-refractivity contribution in [3.8, 4) is 11.1 Å². The van der Waals surface area contributed by atoms with E-state index in [9.17, 15) is 0 Å². The summed E-state index contributed by atoms with van der Waals surface area (Å²) < 4.78 is 0. The molecule has 0 heteroatoms. The van der Waals surface area contributed by atoms with E-state index >= 15 is 0 Å². The molecule has 0 atom stereocenters. The number of hydrogen-bond donors (Lipinski definition) is 0. The molecule has 5 rings (SSSR count). The van der Waals surface area contributed by atoms with E-state index in [1.165, 1.54) is 46.2 Å². The van der Waals surface area contributed by atoms with Crippen molar-refractivity contribution < 1.29 is 0 Å². The molecule has 3 aromatic carbocycles. The van der Waals surface area contributed by atoms with E-state index in [1.807, 2.05) is 0 Å². The molecular weight excluding hydrogens is 252 g/mol. The van der Waals surface area contributed by atoms with Crippen molar-refractivity contribution in [3.63, 3.8) is 0 Å². The second-order valence-electron chi connectivity index (χ2n) is 6.15. The van der Waals surface area contributed by atoms with Crippen LogP contribution in [0.1, 0.15) is 28.7 Å². The van der Waals surface area contributed by atoms with Gasteiger partial charge in [-0.25, -0.2) is 0 Å². The normalized spacial score (nSPS) is 16.6. The van der Waals surface area contributed by atoms with Gasteiger partial charge in [-0.05, 0) is 46.2 Å². The van der Waals surface area contributed by atoms with Crippen molar-refractivity contribution in [1.29, 1.82) is 0 Å². The summed E-state index contributed by atoms with van der Waals surface area (Å²) in [7, 11) is 0. The molecule has 0 radical (unpaired) electrons. The first-order valence-corrected chi connectivity index (χ1v) is 7.69. The Morgan fingerprint density at radius 2 is 1.10 bits per heavy atom. The van der Waals surface area contributed by atoms with Crippen molar-refractivity contribution in [3.05, 3.63) is 95.1 Å². The SMILES string of the molecule is c1ccc2c(c1)CCC21c2ccccc2-c2ccccc21. The standard InChI is InChI=1S/C21H16/c1-4-10-18-15(7-1)13-14-21(18)19-11-5-2-8-16(19)17-9-3-6-12-20(17)21/h1-12H,13-14H2. The lowest BCUT2D eigenvalue weighted by atomic mass is 9.73. The van der Waals surface area contributed by atoms with Gasteiger partial charge in [0.05, 0.1) is 0 Å². The molecule has 0 bridgehead atoms. The van der Waals surface area contributed by atoms with Crippen molar-refractivity contribution in [2.75, 3.05) is 0 Å². The molecule has 0 saturated carbocycles. The first-order valence-electron chi connectivity index (χ1n) is 7.69. The van der Waals surface area contributed by atoms with Crippen LogP contribution in [0, 0.1) is 0 Å². The van der Waals surface area contributed by atoms with Crippen LogP contribution in [0.2, 0.25) is 0 Å². The van der Waals surface area contributed by atoms with Gasteiger partial charge in [0.15, 0.2) is 0 Å². The topological polar surface area (TPSA) is 0 Å². The fourth-order valence-electron chi connectivity index (χ4n) is 4.50. The zero-order valence-electron chi connectivity index (χ0n) is 11.8. The summed E-state index contributed by atoms with van der Waals surface area (Å²) in [5.41, 5.74) is 8.96. The minimum atomic E-state index is 0.0871. The summed E-state index contributed by atoms with van der Waals surface area (Å²) in [6.45, 7) is 0. The molecule has 1 spiro atoms. The molecule has 0 N–H and O–H groups in total. The summed E-state index contributed by atoms with van der Waals surface area (Å²) in [6, 6.07) is 26.9. The minimum Gasteiger partial charge on any atom is -0.0620 e. The largest absolute Gasteiger partial charge is 0.0620 e. The highest BCUT2D eigenvalue weighted by atomic mass is 14.5. The molecule has 0 aliphatic heterocycles. The zero-order valence-corrected chi connectivity index (χ0v) is 11.8. The van der Waals surface area contributed by atoms with Crippen LogP contribution in [0.5, 0.6) is 0 Å². The Hall–Kier alpha value is -2.34. The number of aryl methyl sites for hydroxylation is 1. The molecule has 2 aliphatic rings. The summed E-state index contributed by atoms with van der Waals surface area (Å²) in [5.74, 6) is 0. The molecule has 0 saturated heterocycles. The van der Waals surface area contributed by atoms with Crippen LogP contribution in [-0.2, 0) is 11.8 Å². The highest BCUT2D eigenvalue weighted by Gasteiger charge is 2.47. The van der Waals surface area contributed by atoms with Gasteiger partial charge in [-0.2, -0.15) is 0 Å². The average Bonchev–Trinajstić information content (AvgIpc) is 3.08. The summed E-state index contributed by atoms with van der Waals surface area (Å²) in [6.07, 6.45) is 2.37. The summed E-state index contributed by atoms with van der Waals surface area (Å²) in [5, 5.41) is 0. The van der Waals surface area contributed by atoms with Gasteiger partial charge < -0.3 is 0 Å². The van der Waals surface area contributed by atoms with Gasteiger partial charge in [-0.15, -0.1) is 0 Å². The summed E-state index contributed by atoms with van der Waals surface area (Å²) >= 11 is 0. The van der Waals surface area contributed by atoms with Gasteiger partial charge in [0.25, 0.3) is 0 Å². The molecule has 0 amide bonds. The maximum atomic E-state index is 2.33. The maximum absolute atomic E-state index is 2.33. The zero-order chi connectivity index (χ0) is 13.9. The van der Waals surface area contributed by atoms with Gasteiger partial charge in [0, 0.05) is 5.41 Å². The molecule has 3 aromatic rings. The monoisotopic (exact) mass is 268 g/mol. The van der Waals surface area contributed by atoms with E-state index in [4.69, 9.17) is 0 Å². The number of fused-ring (bicyclic) bond motifs is 7. The van der Waals surface area contributed by atoms with Crippen molar-refractivity contribution in [1.82, 2.24) is 0 Å². The first kappa shape index (κ1) is 11.3. The van der Waals surface area contributed by atoms with Gasteiger partial charge in [0.1, 0.15) is 0 Å². The molecule has 0 aromatic heterocycles. The quantitative estimate of drug-likeness (QED) is 0.541. The second-order valence-corrected chi connectivity index (χ2v) is 6.15. The van der Waals surface area contributed by atoms with Crippen LogP contribution in [0.3, 0.4) is 0 Å². The molecular formula is C21H16. The van der Waals surface area contributed by atoms with E-state index in [1.54, 1.807) is 0 Å². The molecule has 0 fully saturated rings. The number of rotatable bonds is 0. The van der Waals surface area contributed by atoms with E-state index in [0.717, 1.165) is 0 Å². The second kappa shape index (κ2) is 3.85. The predicted molar refractivity (Wildman–Crippen MR) is 86.5 cm³/mol. The molecule has 0 unspecified atom stereocenters. The van der Waals surface area contributed by atoms with Gasteiger partial charge >= 0.3 is 0 Å². The molecule has 100 valence electrons. The Morgan fingerprint density at radius 3 is 1.76 bits per heavy atom. The minimum absolute atomic E-state index is 0.0871.